The van der Waals surface area contributed by atoms with E-state index in [9.17, 15) is 14.7 Å². The number of rotatable bonds is 7. The van der Waals surface area contributed by atoms with E-state index in [1.807, 2.05) is 70.4 Å². The number of carboxylic acid groups (broad SMARTS) is 1. The van der Waals surface area contributed by atoms with Gasteiger partial charge in [-0.25, -0.2) is 0 Å². The first kappa shape index (κ1) is 33.4. The molecule has 2 heterocycles. The Morgan fingerprint density at radius 2 is 1.65 bits per heavy atom. The summed E-state index contributed by atoms with van der Waals surface area (Å²) in [6.45, 7) is 11.7. The Hall–Kier alpha value is -4.14. The van der Waals surface area contributed by atoms with Crippen LogP contribution in [0.3, 0.4) is 0 Å². The zero-order valence-electron chi connectivity index (χ0n) is 26.6. The summed E-state index contributed by atoms with van der Waals surface area (Å²) in [7, 11) is 5.63. The lowest BCUT2D eigenvalue weighted by molar-refractivity contribution is -0.136. The van der Waals surface area contributed by atoms with E-state index >= 15 is 0 Å². The number of ether oxygens (including phenoxy) is 1. The van der Waals surface area contributed by atoms with Crippen LogP contribution in [0.15, 0.2) is 54.6 Å². The van der Waals surface area contributed by atoms with Crippen LogP contribution in [0.4, 0.5) is 5.69 Å². The fraction of sp³-hybridized carbons (Fsp3) is 0.371. The number of aliphatic hydroxyl groups is 1. The van der Waals surface area contributed by atoms with Gasteiger partial charge in [0.15, 0.2) is 6.29 Å². The number of aromatic nitrogens is 1. The van der Waals surface area contributed by atoms with Crippen LogP contribution in [-0.4, -0.2) is 60.4 Å². The number of likely N-dealkylation sites (N-methyl/N-ethyl adjacent to an activating group) is 1. The van der Waals surface area contributed by atoms with E-state index in [2.05, 4.69) is 26.9 Å². The number of aliphatic carboxylic acids is 1. The smallest absolute Gasteiger partial charge is 0.307 e. The molecule has 1 aromatic heterocycles. The molecule has 8 nitrogen and oxygen atoms in total. The summed E-state index contributed by atoms with van der Waals surface area (Å²) in [5.41, 5.74) is 8.30. The fourth-order valence-corrected chi connectivity index (χ4v) is 5.22. The molecule has 0 radical (unpaired) electrons. The van der Waals surface area contributed by atoms with E-state index < -0.39 is 11.6 Å². The monoisotopic (exact) mass is 587 g/mol. The van der Waals surface area contributed by atoms with Gasteiger partial charge in [0.2, 0.25) is 0 Å². The molecule has 3 N–H and O–H groups in total. The molecule has 0 spiro atoms. The highest BCUT2D eigenvalue weighted by Crippen LogP contribution is 2.44. The molecule has 4 aromatic rings. The van der Waals surface area contributed by atoms with Crippen molar-refractivity contribution in [2.75, 3.05) is 32.6 Å². The Morgan fingerprint density at radius 1 is 1.05 bits per heavy atom. The van der Waals surface area contributed by atoms with Crippen molar-refractivity contribution in [1.29, 1.82) is 0 Å². The zero-order valence-corrected chi connectivity index (χ0v) is 26.6. The molecule has 5 rings (SSSR count). The molecular weight excluding hydrogens is 542 g/mol. The number of aldehydes is 1. The van der Waals surface area contributed by atoms with Crippen LogP contribution >= 0.6 is 0 Å². The first-order valence-corrected chi connectivity index (χ1v) is 14.4. The van der Waals surface area contributed by atoms with Crippen molar-refractivity contribution in [3.63, 3.8) is 0 Å². The van der Waals surface area contributed by atoms with Gasteiger partial charge in [0.1, 0.15) is 5.75 Å². The number of methoxy groups -OCH3 is 1. The molecule has 0 amide bonds. The molecule has 0 saturated carbocycles. The summed E-state index contributed by atoms with van der Waals surface area (Å²) in [6, 6.07) is 18.1. The molecule has 0 unspecified atom stereocenters. The van der Waals surface area contributed by atoms with E-state index in [1.54, 1.807) is 27.9 Å². The minimum Gasteiger partial charge on any atom is -0.497 e. The van der Waals surface area contributed by atoms with Crippen molar-refractivity contribution in [3.8, 4) is 16.9 Å². The molecule has 0 bridgehead atoms. The van der Waals surface area contributed by atoms with Crippen molar-refractivity contribution in [1.82, 2.24) is 9.88 Å². The number of nitrogens with one attached hydrogen (secondary N) is 1. The van der Waals surface area contributed by atoms with Crippen LogP contribution in [0, 0.1) is 13.8 Å². The number of hydrogen-bond donors (Lipinski definition) is 3. The first-order valence-electron chi connectivity index (χ1n) is 14.4. The highest BCUT2D eigenvalue weighted by atomic mass is 16.5. The molecule has 230 valence electrons. The van der Waals surface area contributed by atoms with Gasteiger partial charge in [0.05, 0.1) is 36.0 Å². The number of carboxylic acids is 1. The number of carbonyl (C=O) groups is 2. The first-order chi connectivity index (χ1) is 20.3. The predicted octanol–water partition coefficient (Wildman–Crippen LogP) is 6.01. The van der Waals surface area contributed by atoms with E-state index in [4.69, 9.17) is 9.84 Å². The molecule has 0 saturated heterocycles. The average Bonchev–Trinajstić information content (AvgIpc) is 3.31. The lowest BCUT2D eigenvalue weighted by Crippen LogP contribution is -2.29. The molecule has 3 aromatic carbocycles. The molecule has 0 fully saturated rings. The van der Waals surface area contributed by atoms with Gasteiger partial charge in [0, 0.05) is 32.1 Å². The molecule has 0 aliphatic carbocycles. The quantitative estimate of drug-likeness (QED) is 0.228. The third-order valence-corrected chi connectivity index (χ3v) is 7.10. The number of anilines is 1. The maximum atomic E-state index is 11.7. The Bertz CT molecular complexity index is 1540. The van der Waals surface area contributed by atoms with Crippen molar-refractivity contribution < 1.29 is 24.5 Å². The number of nitrogens with zero attached hydrogens (tertiary/aromatic N) is 2. The molecule has 1 aliphatic heterocycles. The lowest BCUT2D eigenvalue weighted by atomic mass is 9.88. The third kappa shape index (κ3) is 8.46. The Balaban J connectivity index is 0.000000261. The predicted molar refractivity (Wildman–Crippen MR) is 175 cm³/mol. The number of hydrogen-bond acceptors (Lipinski definition) is 6. The van der Waals surface area contributed by atoms with Gasteiger partial charge in [-0.2, -0.15) is 0 Å². The van der Waals surface area contributed by atoms with Crippen molar-refractivity contribution >= 4 is 28.8 Å². The second-order valence-electron chi connectivity index (χ2n) is 11.8. The average molecular weight is 588 g/mol. The summed E-state index contributed by atoms with van der Waals surface area (Å²) in [5.74, 6) is 0.0522. The van der Waals surface area contributed by atoms with Crippen LogP contribution in [0.5, 0.6) is 5.75 Å². The lowest BCUT2D eigenvalue weighted by Gasteiger charge is -2.31. The summed E-state index contributed by atoms with van der Waals surface area (Å²) < 4.78 is 7.09. The fourth-order valence-electron chi connectivity index (χ4n) is 5.22. The van der Waals surface area contributed by atoms with Crippen LogP contribution in [0.2, 0.25) is 0 Å². The third-order valence-electron chi connectivity index (χ3n) is 7.10. The Morgan fingerprint density at radius 3 is 2.16 bits per heavy atom. The van der Waals surface area contributed by atoms with Gasteiger partial charge in [-0.15, -0.1) is 0 Å². The van der Waals surface area contributed by atoms with Gasteiger partial charge in [0.25, 0.3) is 0 Å². The molecule has 1 aliphatic rings. The summed E-state index contributed by atoms with van der Waals surface area (Å²) in [5, 5.41) is 22.1. The highest BCUT2D eigenvalue weighted by Gasteiger charge is 2.28. The van der Waals surface area contributed by atoms with E-state index in [0.717, 1.165) is 76.1 Å². The second kappa shape index (κ2) is 14.4. The second-order valence-corrected chi connectivity index (χ2v) is 11.8. The summed E-state index contributed by atoms with van der Waals surface area (Å²) >= 11 is 0. The van der Waals surface area contributed by atoms with Gasteiger partial charge < -0.3 is 29.7 Å². The van der Waals surface area contributed by atoms with E-state index in [1.165, 1.54) is 5.56 Å². The van der Waals surface area contributed by atoms with Crippen molar-refractivity contribution in [3.05, 3.63) is 82.5 Å². The van der Waals surface area contributed by atoms with Gasteiger partial charge in [-0.05, 0) is 87.7 Å². The number of benzene rings is 3. The van der Waals surface area contributed by atoms with Crippen LogP contribution in [-0.2, 0) is 24.3 Å². The normalized spacial score (nSPS) is 12.2. The topological polar surface area (TPSA) is 104 Å². The standard InChI is InChI=1S/C22H22N2O3.C9H13NO.C4H10O/c1-13-4-6-15(7-5-13)20-17(11-19(26)27)14(2)21-22-18(20)10-16(12-25)24(22)9-8-23(21)3;1-10-7-8-3-5-9(11-2)6-4-8;1-4(2,3)5/h4-7,10,12H,8-9,11H2,1-3H3,(H,26,27);3-6,10H,7H2,1-2H3;5H,1-3H3. The largest absolute Gasteiger partial charge is 0.497 e. The molecule has 0 atom stereocenters. The maximum Gasteiger partial charge on any atom is 0.307 e. The minimum atomic E-state index is -0.855. The van der Waals surface area contributed by atoms with Gasteiger partial charge >= 0.3 is 5.97 Å². The molecule has 8 heteroatoms. The van der Waals surface area contributed by atoms with Crippen LogP contribution in [0.1, 0.15) is 53.5 Å². The SMILES string of the molecule is CC(C)(C)O.CNCc1ccc(OC)cc1.Cc1ccc(-c2c(CC(=O)O)c(C)c3c4c2cc(C=O)n4CCN3C)cc1. The molecule has 43 heavy (non-hydrogen) atoms. The Labute approximate surface area is 254 Å². The number of aryl methyl sites for hydroxylation is 1. The summed E-state index contributed by atoms with van der Waals surface area (Å²) in [4.78, 5) is 25.5. The summed E-state index contributed by atoms with van der Waals surface area (Å²) in [6.07, 6.45) is 0.841. The molecular formula is C35H45N3O5. The number of carbonyl (C=O) groups excluding carboxylic acids is 1. The maximum absolute atomic E-state index is 11.7. The van der Waals surface area contributed by atoms with E-state index in [0.29, 0.717) is 5.69 Å². The van der Waals surface area contributed by atoms with Gasteiger partial charge in [-0.1, -0.05) is 42.0 Å². The van der Waals surface area contributed by atoms with Crippen molar-refractivity contribution in [2.45, 2.75) is 59.7 Å². The highest BCUT2D eigenvalue weighted by molar-refractivity contribution is 6.09. The minimum absolute atomic E-state index is 0.0482. The van der Waals surface area contributed by atoms with Gasteiger partial charge in [-0.3, -0.25) is 9.59 Å². The Kier molecular flexibility index (Phi) is 11.1. The van der Waals surface area contributed by atoms with Crippen LogP contribution < -0.4 is 15.0 Å². The van der Waals surface area contributed by atoms with Crippen LogP contribution in [0.25, 0.3) is 22.0 Å². The van der Waals surface area contributed by atoms with Crippen molar-refractivity contribution in [2.24, 2.45) is 0 Å². The van der Waals surface area contributed by atoms with E-state index in [-0.39, 0.29) is 6.42 Å². The zero-order chi connectivity index (χ0) is 31.9.